The van der Waals surface area contributed by atoms with Crippen molar-refractivity contribution in [2.75, 3.05) is 0 Å². The van der Waals surface area contributed by atoms with E-state index in [1.807, 2.05) is 0 Å². The summed E-state index contributed by atoms with van der Waals surface area (Å²) in [7, 11) is 0. The summed E-state index contributed by atoms with van der Waals surface area (Å²) in [5.74, 6) is 0. The van der Waals surface area contributed by atoms with Crippen LogP contribution in [0.25, 0.3) is 0 Å². The van der Waals surface area contributed by atoms with Crippen molar-refractivity contribution in [1.29, 1.82) is 0 Å². The average molecular weight is 215 g/mol. The summed E-state index contributed by atoms with van der Waals surface area (Å²) >= 11 is -1.72. The molecule has 0 aliphatic rings. The standard InChI is InChI=1S/C4H3NO4S2.Na/c6-5(7)4-3(11(8)9)1-2-10-4;/h1-2H,(H,8,9);/q;+1/p-1. The SMILES string of the molecule is O=[N+]([O-])c1sccc1S(=O)[O-].[Na+]. The number of rotatable bonds is 2. The van der Waals surface area contributed by atoms with Crippen molar-refractivity contribution in [2.45, 2.75) is 4.90 Å². The van der Waals surface area contributed by atoms with Crippen LogP contribution in [0.5, 0.6) is 0 Å². The summed E-state index contributed by atoms with van der Waals surface area (Å²) < 4.78 is 20.6. The van der Waals surface area contributed by atoms with Gasteiger partial charge in [0.2, 0.25) is 0 Å². The normalized spacial score (nSPS) is 11.8. The first-order valence-corrected chi connectivity index (χ1v) is 4.39. The number of hydrogen-bond acceptors (Lipinski definition) is 5. The summed E-state index contributed by atoms with van der Waals surface area (Å²) in [5, 5.41) is 11.2. The fraction of sp³-hybridized carbons (Fsp3) is 0. The Morgan fingerprint density at radius 1 is 1.58 bits per heavy atom. The molecule has 1 aromatic heterocycles. The van der Waals surface area contributed by atoms with Crippen molar-refractivity contribution in [2.24, 2.45) is 0 Å². The zero-order chi connectivity index (χ0) is 8.43. The predicted molar refractivity (Wildman–Crippen MR) is 38.2 cm³/mol. The third-order valence-electron chi connectivity index (χ3n) is 0.955. The van der Waals surface area contributed by atoms with Crippen molar-refractivity contribution >= 4 is 27.4 Å². The average Bonchev–Trinajstić information content (AvgIpc) is 2.32. The van der Waals surface area contributed by atoms with Crippen LogP contribution in [0.2, 0.25) is 0 Å². The Morgan fingerprint density at radius 3 is 2.50 bits per heavy atom. The summed E-state index contributed by atoms with van der Waals surface area (Å²) in [4.78, 5) is 9.17. The molecule has 0 fully saturated rings. The van der Waals surface area contributed by atoms with Crippen LogP contribution >= 0.6 is 11.3 Å². The number of nitro groups is 1. The maximum atomic E-state index is 10.3. The van der Waals surface area contributed by atoms with Gasteiger partial charge in [-0.2, -0.15) is 0 Å². The molecule has 0 aromatic carbocycles. The molecule has 0 saturated carbocycles. The second-order valence-electron chi connectivity index (χ2n) is 1.58. The third kappa shape index (κ3) is 2.61. The van der Waals surface area contributed by atoms with Gasteiger partial charge in [0.25, 0.3) is 0 Å². The van der Waals surface area contributed by atoms with Crippen molar-refractivity contribution in [3.8, 4) is 0 Å². The molecule has 0 aliphatic carbocycles. The monoisotopic (exact) mass is 215 g/mol. The van der Waals surface area contributed by atoms with Gasteiger partial charge in [-0.05, 0) is 22.5 Å². The zero-order valence-corrected chi connectivity index (χ0v) is 9.68. The maximum Gasteiger partial charge on any atom is 1.00 e. The van der Waals surface area contributed by atoms with Gasteiger partial charge in [0, 0.05) is 0 Å². The van der Waals surface area contributed by atoms with E-state index in [0.29, 0.717) is 0 Å². The van der Waals surface area contributed by atoms with E-state index < -0.39 is 16.0 Å². The minimum Gasteiger partial charge on any atom is -0.768 e. The van der Waals surface area contributed by atoms with Gasteiger partial charge in [0.1, 0.15) is 4.90 Å². The Balaban J connectivity index is 0.00000121. The molecule has 0 N–H and O–H groups in total. The minimum absolute atomic E-state index is 0. The van der Waals surface area contributed by atoms with E-state index in [0.717, 1.165) is 11.3 Å². The van der Waals surface area contributed by atoms with Gasteiger partial charge in [-0.25, -0.2) is 0 Å². The van der Waals surface area contributed by atoms with Crippen molar-refractivity contribution in [3.63, 3.8) is 0 Å². The Morgan fingerprint density at radius 2 is 2.17 bits per heavy atom. The van der Waals surface area contributed by atoms with Crippen molar-refractivity contribution in [1.82, 2.24) is 0 Å². The molecule has 1 heterocycles. The molecule has 0 saturated heterocycles. The second-order valence-corrected chi connectivity index (χ2v) is 3.39. The quantitative estimate of drug-likeness (QED) is 0.245. The number of hydrogen-bond donors (Lipinski definition) is 0. The van der Waals surface area contributed by atoms with E-state index in [9.17, 15) is 18.9 Å². The predicted octanol–water partition coefficient (Wildman–Crippen LogP) is -2.10. The van der Waals surface area contributed by atoms with Gasteiger partial charge in [-0.3, -0.25) is 14.3 Å². The third-order valence-corrected chi connectivity index (χ3v) is 2.64. The van der Waals surface area contributed by atoms with Crippen LogP contribution in [-0.2, 0) is 11.1 Å². The van der Waals surface area contributed by atoms with Gasteiger partial charge in [0.05, 0.1) is 4.92 Å². The molecule has 0 bridgehead atoms. The van der Waals surface area contributed by atoms with E-state index in [2.05, 4.69) is 0 Å². The van der Waals surface area contributed by atoms with Crippen molar-refractivity contribution in [3.05, 3.63) is 21.6 Å². The summed E-state index contributed by atoms with van der Waals surface area (Å²) in [6.45, 7) is 0. The molecule has 8 heteroatoms. The molecule has 0 aliphatic heterocycles. The van der Waals surface area contributed by atoms with Gasteiger partial charge in [0.15, 0.2) is 0 Å². The molecule has 0 spiro atoms. The summed E-state index contributed by atoms with van der Waals surface area (Å²) in [6, 6.07) is 1.20. The first-order chi connectivity index (χ1) is 5.13. The van der Waals surface area contributed by atoms with Gasteiger partial charge in [-0.15, -0.1) is 0 Å². The zero-order valence-electron chi connectivity index (χ0n) is 6.05. The molecule has 12 heavy (non-hydrogen) atoms. The van der Waals surface area contributed by atoms with Gasteiger partial charge >= 0.3 is 34.6 Å². The fourth-order valence-corrected chi connectivity index (χ4v) is 1.98. The molecule has 1 atom stereocenters. The van der Waals surface area contributed by atoms with Crippen LogP contribution in [0.15, 0.2) is 16.3 Å². The van der Waals surface area contributed by atoms with Crippen LogP contribution in [-0.4, -0.2) is 13.7 Å². The van der Waals surface area contributed by atoms with Crippen LogP contribution in [0.1, 0.15) is 0 Å². The molecule has 60 valence electrons. The minimum atomic E-state index is -2.51. The largest absolute Gasteiger partial charge is 1.00 e. The molecular weight excluding hydrogens is 213 g/mol. The van der Waals surface area contributed by atoms with Crippen LogP contribution in [0.3, 0.4) is 0 Å². The Hall–Kier alpha value is 0.210. The number of nitrogens with zero attached hydrogens (tertiary/aromatic N) is 1. The van der Waals surface area contributed by atoms with E-state index in [-0.39, 0.29) is 39.5 Å². The second kappa shape index (κ2) is 5.05. The first kappa shape index (κ1) is 12.2. The molecule has 1 rings (SSSR count). The fourth-order valence-electron chi connectivity index (χ4n) is 0.549. The van der Waals surface area contributed by atoms with Crippen LogP contribution < -0.4 is 29.6 Å². The summed E-state index contributed by atoms with van der Waals surface area (Å²) in [6.07, 6.45) is 0. The van der Waals surface area contributed by atoms with E-state index in [1.54, 1.807) is 0 Å². The van der Waals surface area contributed by atoms with Gasteiger partial charge < -0.3 is 4.55 Å². The Labute approximate surface area is 96.5 Å². The van der Waals surface area contributed by atoms with Crippen LogP contribution in [0.4, 0.5) is 5.00 Å². The summed E-state index contributed by atoms with van der Waals surface area (Å²) in [5.41, 5.74) is 0. The smallest absolute Gasteiger partial charge is 0.768 e. The Bertz CT molecular complexity index is 283. The number of thiophene rings is 1. The molecule has 1 unspecified atom stereocenters. The molecule has 5 nitrogen and oxygen atoms in total. The van der Waals surface area contributed by atoms with Crippen molar-refractivity contribution < 1.29 is 43.2 Å². The van der Waals surface area contributed by atoms with E-state index in [4.69, 9.17) is 0 Å². The Kier molecular flexibility index (Phi) is 5.14. The van der Waals surface area contributed by atoms with Crippen LogP contribution in [0, 0.1) is 10.1 Å². The van der Waals surface area contributed by atoms with E-state index in [1.165, 1.54) is 11.4 Å². The molecule has 0 radical (unpaired) electrons. The molecule has 0 amide bonds. The first-order valence-electron chi connectivity index (χ1n) is 2.44. The van der Waals surface area contributed by atoms with E-state index >= 15 is 0 Å². The van der Waals surface area contributed by atoms with Gasteiger partial charge in [-0.1, -0.05) is 11.3 Å². The molecular formula is C4H2NNaO4S2. The maximum absolute atomic E-state index is 10.3. The topological polar surface area (TPSA) is 83.3 Å². The molecule has 1 aromatic rings.